The van der Waals surface area contributed by atoms with Gasteiger partial charge in [0.1, 0.15) is 16.5 Å². The third kappa shape index (κ3) is 4.61. The Bertz CT molecular complexity index is 1220. The van der Waals surface area contributed by atoms with Gasteiger partial charge in [-0.25, -0.2) is 9.97 Å². The standard InChI is InChI=1S/C26H28N4O2S2/c1-2-6-18(7-3-1)24(20-8-4-12-32-20)29-25-23-19(21-9-5-15-33-21)17-34-26(23)28-22(27-25)16-30-10-13-31-14-11-30/h1-3,5-7,9,15,17,20,24H,4,8,10-14,16H2,(H,27,28,29)/t20-,24+/m1/s1. The van der Waals surface area contributed by atoms with Gasteiger partial charge in [-0.3, -0.25) is 4.90 Å². The van der Waals surface area contributed by atoms with Crippen LogP contribution in [0, 0.1) is 0 Å². The van der Waals surface area contributed by atoms with Crippen LogP contribution in [0.25, 0.3) is 20.7 Å². The van der Waals surface area contributed by atoms with Gasteiger partial charge in [-0.1, -0.05) is 36.4 Å². The summed E-state index contributed by atoms with van der Waals surface area (Å²) in [5.74, 6) is 1.76. The van der Waals surface area contributed by atoms with Crippen molar-refractivity contribution < 1.29 is 9.47 Å². The molecule has 1 N–H and O–H groups in total. The van der Waals surface area contributed by atoms with Gasteiger partial charge in [-0.15, -0.1) is 22.7 Å². The lowest BCUT2D eigenvalue weighted by molar-refractivity contribution is 0.0331. The Morgan fingerprint density at radius 1 is 1.03 bits per heavy atom. The molecule has 4 aromatic rings. The number of hydrogen-bond acceptors (Lipinski definition) is 8. The summed E-state index contributed by atoms with van der Waals surface area (Å²) < 4.78 is 11.7. The summed E-state index contributed by atoms with van der Waals surface area (Å²) in [7, 11) is 0. The van der Waals surface area contributed by atoms with E-state index in [2.05, 4.69) is 63.4 Å². The maximum atomic E-state index is 6.17. The molecule has 2 atom stereocenters. The highest BCUT2D eigenvalue weighted by molar-refractivity contribution is 7.18. The van der Waals surface area contributed by atoms with Gasteiger partial charge in [0, 0.05) is 35.5 Å². The number of nitrogens with zero attached hydrogens (tertiary/aromatic N) is 3. The van der Waals surface area contributed by atoms with Gasteiger partial charge in [0.05, 0.1) is 37.3 Å². The summed E-state index contributed by atoms with van der Waals surface area (Å²) in [6.07, 6.45) is 2.26. The van der Waals surface area contributed by atoms with Crippen molar-refractivity contribution in [3.05, 3.63) is 64.6 Å². The highest BCUT2D eigenvalue weighted by Gasteiger charge is 2.29. The number of nitrogens with one attached hydrogen (secondary N) is 1. The zero-order valence-corrected chi connectivity index (χ0v) is 20.6. The molecule has 0 radical (unpaired) electrons. The van der Waals surface area contributed by atoms with E-state index in [9.17, 15) is 0 Å². The first kappa shape index (κ1) is 22.1. The molecule has 2 saturated heterocycles. The molecule has 6 rings (SSSR count). The minimum atomic E-state index is 0.0362. The third-order valence-electron chi connectivity index (χ3n) is 6.52. The Hall–Kier alpha value is -2.36. The Morgan fingerprint density at radius 2 is 1.91 bits per heavy atom. The Labute approximate surface area is 207 Å². The van der Waals surface area contributed by atoms with E-state index in [4.69, 9.17) is 19.4 Å². The number of ether oxygens (including phenoxy) is 2. The SMILES string of the molecule is c1ccc([C@H](Nc2nc(CN3CCOCC3)nc3scc(-c4cccs4)c23)[C@H]2CCCO2)cc1. The Balaban J connectivity index is 1.42. The highest BCUT2D eigenvalue weighted by atomic mass is 32.1. The molecule has 8 heteroatoms. The molecule has 0 saturated carbocycles. The van der Waals surface area contributed by atoms with Gasteiger partial charge in [0.25, 0.3) is 0 Å². The number of hydrogen-bond donors (Lipinski definition) is 1. The average Bonchev–Trinajstić information content (AvgIpc) is 3.65. The third-order valence-corrected chi connectivity index (χ3v) is 8.30. The molecule has 6 nitrogen and oxygen atoms in total. The van der Waals surface area contributed by atoms with Gasteiger partial charge in [-0.2, -0.15) is 0 Å². The van der Waals surface area contributed by atoms with Crippen LogP contribution in [0.3, 0.4) is 0 Å². The van der Waals surface area contributed by atoms with E-state index in [-0.39, 0.29) is 12.1 Å². The Kier molecular flexibility index (Phi) is 6.57. The molecular weight excluding hydrogens is 464 g/mol. The molecular formula is C26H28N4O2S2. The number of rotatable bonds is 7. The molecule has 3 aromatic heterocycles. The summed E-state index contributed by atoms with van der Waals surface area (Å²) in [5.41, 5.74) is 2.43. The molecule has 2 aliphatic rings. The number of anilines is 1. The number of thiophene rings is 2. The summed E-state index contributed by atoms with van der Waals surface area (Å²) >= 11 is 3.45. The van der Waals surface area contributed by atoms with Gasteiger partial charge in [0.15, 0.2) is 0 Å². The number of benzene rings is 1. The minimum Gasteiger partial charge on any atom is -0.379 e. The van der Waals surface area contributed by atoms with Crippen molar-refractivity contribution in [1.29, 1.82) is 0 Å². The van der Waals surface area contributed by atoms with Gasteiger partial charge < -0.3 is 14.8 Å². The van der Waals surface area contributed by atoms with Crippen LogP contribution < -0.4 is 5.32 Å². The topological polar surface area (TPSA) is 59.5 Å². The lowest BCUT2D eigenvalue weighted by Gasteiger charge is -2.27. The van der Waals surface area contributed by atoms with Crippen LogP contribution in [-0.4, -0.2) is 53.9 Å². The zero-order chi connectivity index (χ0) is 22.7. The van der Waals surface area contributed by atoms with Crippen molar-refractivity contribution >= 4 is 38.7 Å². The van der Waals surface area contributed by atoms with Crippen molar-refractivity contribution in [2.24, 2.45) is 0 Å². The molecule has 0 spiro atoms. The first-order valence-electron chi connectivity index (χ1n) is 11.9. The molecule has 5 heterocycles. The molecule has 2 aliphatic heterocycles. The monoisotopic (exact) mass is 492 g/mol. The van der Waals surface area contributed by atoms with Crippen LogP contribution in [0.1, 0.15) is 30.3 Å². The highest BCUT2D eigenvalue weighted by Crippen LogP contribution is 2.41. The molecule has 0 aliphatic carbocycles. The molecule has 0 unspecified atom stereocenters. The summed E-state index contributed by atoms with van der Waals surface area (Å²) in [4.78, 5) is 14.8. The lowest BCUT2D eigenvalue weighted by atomic mass is 9.99. The fourth-order valence-corrected chi connectivity index (χ4v) is 6.58. The lowest BCUT2D eigenvalue weighted by Crippen LogP contribution is -2.36. The van der Waals surface area contributed by atoms with Crippen LogP contribution in [0.15, 0.2) is 53.2 Å². The summed E-state index contributed by atoms with van der Waals surface area (Å²) in [6, 6.07) is 14.9. The number of morpholine rings is 1. The molecule has 0 bridgehead atoms. The summed E-state index contributed by atoms with van der Waals surface area (Å²) in [5, 5.41) is 9.29. The average molecular weight is 493 g/mol. The van der Waals surface area contributed by atoms with Crippen LogP contribution in [-0.2, 0) is 16.0 Å². The van der Waals surface area contributed by atoms with Gasteiger partial charge >= 0.3 is 0 Å². The second-order valence-corrected chi connectivity index (χ2v) is 10.6. The number of aromatic nitrogens is 2. The molecule has 1 aromatic carbocycles. The second-order valence-electron chi connectivity index (χ2n) is 8.77. The summed E-state index contributed by atoms with van der Waals surface area (Å²) in [6.45, 7) is 4.91. The first-order chi connectivity index (χ1) is 16.8. The maximum absolute atomic E-state index is 6.17. The van der Waals surface area contributed by atoms with Crippen molar-refractivity contribution in [2.75, 3.05) is 38.2 Å². The minimum absolute atomic E-state index is 0.0362. The van der Waals surface area contributed by atoms with E-state index in [1.807, 2.05) is 0 Å². The van der Waals surface area contributed by atoms with E-state index in [1.54, 1.807) is 22.7 Å². The van der Waals surface area contributed by atoms with Crippen molar-refractivity contribution in [3.8, 4) is 10.4 Å². The molecule has 2 fully saturated rings. The predicted octanol–water partition coefficient (Wildman–Crippen LogP) is 5.58. The largest absolute Gasteiger partial charge is 0.379 e. The van der Waals surface area contributed by atoms with E-state index in [0.29, 0.717) is 0 Å². The van der Waals surface area contributed by atoms with Crippen LogP contribution in [0.2, 0.25) is 0 Å². The fraction of sp³-hybridized carbons (Fsp3) is 0.385. The zero-order valence-electron chi connectivity index (χ0n) is 19.0. The van der Waals surface area contributed by atoms with Gasteiger partial charge in [-0.05, 0) is 29.9 Å². The van der Waals surface area contributed by atoms with E-state index in [0.717, 1.165) is 74.2 Å². The first-order valence-corrected chi connectivity index (χ1v) is 13.7. The smallest absolute Gasteiger partial charge is 0.146 e. The van der Waals surface area contributed by atoms with Crippen LogP contribution in [0.4, 0.5) is 5.82 Å². The molecule has 0 amide bonds. The van der Waals surface area contributed by atoms with E-state index < -0.39 is 0 Å². The van der Waals surface area contributed by atoms with Crippen LogP contribution >= 0.6 is 22.7 Å². The fourth-order valence-electron chi connectivity index (χ4n) is 4.80. The Morgan fingerprint density at radius 3 is 2.68 bits per heavy atom. The molecule has 176 valence electrons. The van der Waals surface area contributed by atoms with Gasteiger partial charge in [0.2, 0.25) is 0 Å². The quantitative estimate of drug-likeness (QED) is 0.363. The molecule has 34 heavy (non-hydrogen) atoms. The second kappa shape index (κ2) is 10.1. The van der Waals surface area contributed by atoms with Crippen molar-refractivity contribution in [1.82, 2.24) is 14.9 Å². The van der Waals surface area contributed by atoms with E-state index >= 15 is 0 Å². The normalized spacial score (nSPS) is 20.1. The van der Waals surface area contributed by atoms with Crippen LogP contribution in [0.5, 0.6) is 0 Å². The number of fused-ring (bicyclic) bond motifs is 1. The predicted molar refractivity (Wildman–Crippen MR) is 139 cm³/mol. The van der Waals surface area contributed by atoms with Crippen molar-refractivity contribution in [3.63, 3.8) is 0 Å². The van der Waals surface area contributed by atoms with E-state index in [1.165, 1.54) is 16.0 Å². The van der Waals surface area contributed by atoms with Crippen molar-refractivity contribution in [2.45, 2.75) is 31.5 Å². The maximum Gasteiger partial charge on any atom is 0.146 e.